The molecule has 0 radical (unpaired) electrons. The molecule has 0 N–H and O–H groups in total. The van der Waals surface area contributed by atoms with Crippen molar-refractivity contribution in [3.8, 4) is 0 Å². The molecule has 16 heavy (non-hydrogen) atoms. The van der Waals surface area contributed by atoms with Crippen molar-refractivity contribution in [2.24, 2.45) is 11.3 Å². The molecule has 0 bridgehead atoms. The van der Waals surface area contributed by atoms with E-state index in [4.69, 9.17) is 4.74 Å². The van der Waals surface area contributed by atoms with Crippen molar-refractivity contribution < 1.29 is 9.53 Å². The standard InChI is InChI=1S/C14H22O2/c1-10(2)9-16-13-5-4-11-8-12(15)6-7-14(11,13)3/h8,10,13H,4-7,9H2,1-3H3/t13-,14-/m1/s1. The summed E-state index contributed by atoms with van der Waals surface area (Å²) in [6, 6.07) is 0. The number of carbonyl (C=O) groups excluding carboxylic acids is 1. The highest BCUT2D eigenvalue weighted by Gasteiger charge is 2.45. The van der Waals surface area contributed by atoms with E-state index < -0.39 is 0 Å². The predicted octanol–water partition coefficient (Wildman–Crippen LogP) is 3.12. The molecule has 0 unspecified atom stereocenters. The third-order valence-corrected chi connectivity index (χ3v) is 3.98. The van der Waals surface area contributed by atoms with Gasteiger partial charge >= 0.3 is 0 Å². The predicted molar refractivity (Wildman–Crippen MR) is 64.2 cm³/mol. The van der Waals surface area contributed by atoms with Crippen molar-refractivity contribution in [1.29, 1.82) is 0 Å². The Morgan fingerprint density at radius 1 is 1.50 bits per heavy atom. The van der Waals surface area contributed by atoms with E-state index in [0.29, 0.717) is 24.2 Å². The van der Waals surface area contributed by atoms with Gasteiger partial charge in [-0.05, 0) is 31.3 Å². The van der Waals surface area contributed by atoms with Gasteiger partial charge < -0.3 is 4.74 Å². The van der Waals surface area contributed by atoms with Gasteiger partial charge in [-0.3, -0.25) is 4.79 Å². The summed E-state index contributed by atoms with van der Waals surface area (Å²) in [6.45, 7) is 7.46. The maximum absolute atomic E-state index is 11.4. The molecule has 0 aromatic rings. The Balaban J connectivity index is 2.08. The number of allylic oxidation sites excluding steroid dienone is 1. The molecule has 2 heteroatoms. The minimum Gasteiger partial charge on any atom is -0.377 e. The smallest absolute Gasteiger partial charge is 0.155 e. The van der Waals surface area contributed by atoms with E-state index in [1.165, 1.54) is 5.57 Å². The number of rotatable bonds is 3. The second-order valence-electron chi connectivity index (χ2n) is 5.81. The number of carbonyl (C=O) groups is 1. The van der Waals surface area contributed by atoms with Crippen molar-refractivity contribution in [1.82, 2.24) is 0 Å². The van der Waals surface area contributed by atoms with E-state index in [2.05, 4.69) is 20.8 Å². The van der Waals surface area contributed by atoms with E-state index in [1.807, 2.05) is 6.08 Å². The summed E-state index contributed by atoms with van der Waals surface area (Å²) < 4.78 is 6.02. The zero-order chi connectivity index (χ0) is 11.8. The Bertz CT molecular complexity index is 317. The van der Waals surface area contributed by atoms with Gasteiger partial charge in [0.05, 0.1) is 6.10 Å². The number of fused-ring (bicyclic) bond motifs is 1. The fourth-order valence-electron chi connectivity index (χ4n) is 2.88. The van der Waals surface area contributed by atoms with Crippen LogP contribution >= 0.6 is 0 Å². The molecule has 2 atom stereocenters. The normalized spacial score (nSPS) is 34.1. The van der Waals surface area contributed by atoms with Crippen molar-refractivity contribution in [3.05, 3.63) is 11.6 Å². The maximum atomic E-state index is 11.4. The molecule has 0 saturated heterocycles. The lowest BCUT2D eigenvalue weighted by atomic mass is 9.74. The van der Waals surface area contributed by atoms with Crippen molar-refractivity contribution in [2.75, 3.05) is 6.61 Å². The molecular formula is C14H22O2. The third kappa shape index (κ3) is 2.08. The molecule has 0 heterocycles. The summed E-state index contributed by atoms with van der Waals surface area (Å²) in [5.74, 6) is 0.888. The van der Waals surface area contributed by atoms with Gasteiger partial charge in [-0.2, -0.15) is 0 Å². The van der Waals surface area contributed by atoms with Crippen LogP contribution in [0.5, 0.6) is 0 Å². The van der Waals surface area contributed by atoms with Gasteiger partial charge in [0.2, 0.25) is 0 Å². The zero-order valence-corrected chi connectivity index (χ0v) is 10.6. The topological polar surface area (TPSA) is 26.3 Å². The largest absolute Gasteiger partial charge is 0.377 e. The Hall–Kier alpha value is -0.630. The van der Waals surface area contributed by atoms with Gasteiger partial charge in [0.15, 0.2) is 5.78 Å². The summed E-state index contributed by atoms with van der Waals surface area (Å²) >= 11 is 0. The molecule has 2 aliphatic carbocycles. The average molecular weight is 222 g/mol. The SMILES string of the molecule is CC(C)CO[C@@H]1CCC2=CC(=O)CC[C@]21C. The average Bonchev–Trinajstić information content (AvgIpc) is 2.53. The third-order valence-electron chi connectivity index (χ3n) is 3.98. The Labute approximate surface area is 98.1 Å². The Morgan fingerprint density at radius 2 is 2.25 bits per heavy atom. The van der Waals surface area contributed by atoms with Crippen molar-refractivity contribution in [3.63, 3.8) is 0 Å². The zero-order valence-electron chi connectivity index (χ0n) is 10.6. The van der Waals surface area contributed by atoms with Gasteiger partial charge in [-0.15, -0.1) is 0 Å². The number of ketones is 1. The first kappa shape index (κ1) is 11.8. The van der Waals surface area contributed by atoms with Crippen LogP contribution in [0.15, 0.2) is 11.6 Å². The highest BCUT2D eigenvalue weighted by molar-refractivity contribution is 5.91. The molecule has 2 rings (SSSR count). The second kappa shape index (κ2) is 4.33. The minimum absolute atomic E-state index is 0.142. The van der Waals surface area contributed by atoms with Gasteiger partial charge in [-0.1, -0.05) is 26.3 Å². The van der Waals surface area contributed by atoms with Crippen LogP contribution in [-0.4, -0.2) is 18.5 Å². The monoisotopic (exact) mass is 222 g/mol. The minimum atomic E-state index is 0.142. The Morgan fingerprint density at radius 3 is 2.94 bits per heavy atom. The molecule has 1 saturated carbocycles. The Kier molecular flexibility index (Phi) is 3.20. The first-order chi connectivity index (χ1) is 7.52. The van der Waals surface area contributed by atoms with E-state index in [1.54, 1.807) is 0 Å². The molecule has 0 aromatic heterocycles. The second-order valence-corrected chi connectivity index (χ2v) is 5.81. The summed E-state index contributed by atoms with van der Waals surface area (Å²) in [7, 11) is 0. The summed E-state index contributed by atoms with van der Waals surface area (Å²) in [6.07, 6.45) is 6.01. The van der Waals surface area contributed by atoms with Crippen LogP contribution in [0.3, 0.4) is 0 Å². The van der Waals surface area contributed by atoms with Crippen molar-refractivity contribution >= 4 is 5.78 Å². The molecule has 2 aliphatic rings. The lowest BCUT2D eigenvalue weighted by Gasteiger charge is -2.35. The van der Waals surface area contributed by atoms with E-state index in [0.717, 1.165) is 25.9 Å². The van der Waals surface area contributed by atoms with Crippen LogP contribution < -0.4 is 0 Å². The molecule has 90 valence electrons. The van der Waals surface area contributed by atoms with Gasteiger partial charge in [-0.25, -0.2) is 0 Å². The van der Waals surface area contributed by atoms with Crippen LogP contribution in [0.4, 0.5) is 0 Å². The number of ether oxygens (including phenoxy) is 1. The van der Waals surface area contributed by atoms with Gasteiger partial charge in [0, 0.05) is 18.4 Å². The van der Waals surface area contributed by atoms with Crippen molar-refractivity contribution in [2.45, 2.75) is 52.6 Å². The van der Waals surface area contributed by atoms with Crippen LogP contribution in [-0.2, 0) is 9.53 Å². The highest BCUT2D eigenvalue weighted by Crippen LogP contribution is 2.49. The fourth-order valence-corrected chi connectivity index (χ4v) is 2.88. The van der Waals surface area contributed by atoms with Crippen LogP contribution in [0.25, 0.3) is 0 Å². The van der Waals surface area contributed by atoms with Crippen LogP contribution in [0, 0.1) is 11.3 Å². The molecule has 0 aliphatic heterocycles. The molecule has 0 spiro atoms. The summed E-state index contributed by atoms with van der Waals surface area (Å²) in [4.78, 5) is 11.4. The first-order valence-corrected chi connectivity index (χ1v) is 6.38. The van der Waals surface area contributed by atoms with Gasteiger partial charge in [0.1, 0.15) is 0 Å². The molecule has 2 nitrogen and oxygen atoms in total. The summed E-state index contributed by atoms with van der Waals surface area (Å²) in [5.41, 5.74) is 1.47. The van der Waals surface area contributed by atoms with E-state index >= 15 is 0 Å². The number of hydrogen-bond acceptors (Lipinski definition) is 2. The van der Waals surface area contributed by atoms with Gasteiger partial charge in [0.25, 0.3) is 0 Å². The highest BCUT2D eigenvalue weighted by atomic mass is 16.5. The molecule has 0 aromatic carbocycles. The van der Waals surface area contributed by atoms with Crippen LogP contribution in [0.2, 0.25) is 0 Å². The molecule has 1 fully saturated rings. The lowest BCUT2D eigenvalue weighted by Crippen LogP contribution is -2.34. The first-order valence-electron chi connectivity index (χ1n) is 6.38. The quantitative estimate of drug-likeness (QED) is 0.733. The van der Waals surface area contributed by atoms with Crippen LogP contribution in [0.1, 0.15) is 46.5 Å². The molecule has 0 amide bonds. The van der Waals surface area contributed by atoms with E-state index in [9.17, 15) is 4.79 Å². The fraction of sp³-hybridized carbons (Fsp3) is 0.786. The van der Waals surface area contributed by atoms with E-state index in [-0.39, 0.29) is 5.41 Å². The lowest BCUT2D eigenvalue weighted by molar-refractivity contribution is -0.116. The maximum Gasteiger partial charge on any atom is 0.155 e. The molecular weight excluding hydrogens is 200 g/mol. The summed E-state index contributed by atoms with van der Waals surface area (Å²) in [5, 5.41) is 0. The number of hydrogen-bond donors (Lipinski definition) is 0.